The first-order valence-electron chi connectivity index (χ1n) is 5.78. The molecule has 19 heavy (non-hydrogen) atoms. The lowest BCUT2D eigenvalue weighted by Crippen LogP contribution is -2.05. The molecule has 0 bridgehead atoms. The number of halogens is 3. The van der Waals surface area contributed by atoms with Gasteiger partial charge >= 0.3 is 6.18 Å². The molecule has 0 radical (unpaired) electrons. The predicted octanol–water partition coefficient (Wildman–Crippen LogP) is 2.72. The van der Waals surface area contributed by atoms with Crippen molar-refractivity contribution in [3.05, 3.63) is 52.8 Å². The van der Waals surface area contributed by atoms with Crippen molar-refractivity contribution >= 4 is 0 Å². The number of aromatic nitrogens is 2. The average Bonchev–Trinajstić information content (AvgIpc) is 2.80. The molecule has 102 valence electrons. The van der Waals surface area contributed by atoms with Crippen LogP contribution >= 0.6 is 0 Å². The topological polar surface area (TPSA) is 43.8 Å². The molecule has 0 aliphatic heterocycles. The zero-order valence-electron chi connectivity index (χ0n) is 10.4. The molecule has 0 unspecified atom stereocenters. The molecule has 1 heterocycles. The van der Waals surface area contributed by atoms with Crippen molar-refractivity contribution in [2.45, 2.75) is 26.2 Å². The molecule has 0 aliphatic rings. The molecule has 1 aromatic heterocycles. The van der Waals surface area contributed by atoms with Crippen LogP contribution in [0.3, 0.4) is 0 Å². The lowest BCUT2D eigenvalue weighted by atomic mass is 10.1. The van der Waals surface area contributed by atoms with Gasteiger partial charge in [-0.3, -0.25) is 4.68 Å². The molecular formula is C13H14F3N3. The fourth-order valence-corrected chi connectivity index (χ4v) is 1.83. The van der Waals surface area contributed by atoms with E-state index in [2.05, 4.69) is 5.10 Å². The zero-order valence-corrected chi connectivity index (χ0v) is 10.4. The third-order valence-electron chi connectivity index (χ3n) is 2.94. The molecule has 1 aromatic carbocycles. The first-order valence-corrected chi connectivity index (χ1v) is 5.78. The van der Waals surface area contributed by atoms with Crippen molar-refractivity contribution in [1.82, 2.24) is 9.78 Å². The Kier molecular flexibility index (Phi) is 3.61. The van der Waals surface area contributed by atoms with Crippen molar-refractivity contribution in [3.8, 4) is 0 Å². The summed E-state index contributed by atoms with van der Waals surface area (Å²) < 4.78 is 38.6. The summed E-state index contributed by atoms with van der Waals surface area (Å²) in [7, 11) is 0. The number of hydrogen-bond acceptors (Lipinski definition) is 2. The highest BCUT2D eigenvalue weighted by Crippen LogP contribution is 2.28. The van der Waals surface area contributed by atoms with E-state index < -0.39 is 11.7 Å². The number of alkyl halides is 3. The highest BCUT2D eigenvalue weighted by molar-refractivity contribution is 5.31. The standard InChI is InChI=1S/C13H14F3N3/c1-9-4-10(5-17)2-3-11(9)7-19-8-12(6-18-19)13(14,15)16/h2-4,6,8H,5,7,17H2,1H3. The molecule has 0 amide bonds. The van der Waals surface area contributed by atoms with Crippen LogP contribution in [0.5, 0.6) is 0 Å². The number of nitrogens with zero attached hydrogens (tertiary/aromatic N) is 2. The van der Waals surface area contributed by atoms with Gasteiger partial charge in [-0.1, -0.05) is 18.2 Å². The first-order chi connectivity index (χ1) is 8.90. The summed E-state index contributed by atoms with van der Waals surface area (Å²) in [5.41, 5.74) is 7.71. The molecule has 3 nitrogen and oxygen atoms in total. The fraction of sp³-hybridized carbons (Fsp3) is 0.308. The summed E-state index contributed by atoms with van der Waals surface area (Å²) in [5.74, 6) is 0. The quantitative estimate of drug-likeness (QED) is 0.931. The molecule has 0 spiro atoms. The highest BCUT2D eigenvalue weighted by atomic mass is 19.4. The summed E-state index contributed by atoms with van der Waals surface area (Å²) in [4.78, 5) is 0. The maximum absolute atomic E-state index is 12.5. The second kappa shape index (κ2) is 5.05. The Morgan fingerprint density at radius 3 is 2.58 bits per heavy atom. The van der Waals surface area contributed by atoms with E-state index in [0.29, 0.717) is 13.1 Å². The fourth-order valence-electron chi connectivity index (χ4n) is 1.83. The Balaban J connectivity index is 2.20. The highest BCUT2D eigenvalue weighted by Gasteiger charge is 2.32. The molecular weight excluding hydrogens is 255 g/mol. The Labute approximate surface area is 108 Å². The van der Waals surface area contributed by atoms with E-state index in [9.17, 15) is 13.2 Å². The van der Waals surface area contributed by atoms with E-state index in [1.165, 1.54) is 4.68 Å². The van der Waals surface area contributed by atoms with Gasteiger partial charge in [0.2, 0.25) is 0 Å². The summed E-state index contributed by atoms with van der Waals surface area (Å²) in [5, 5.41) is 3.73. The van der Waals surface area contributed by atoms with Gasteiger partial charge in [0.1, 0.15) is 0 Å². The summed E-state index contributed by atoms with van der Waals surface area (Å²) >= 11 is 0. The minimum atomic E-state index is -4.35. The molecule has 2 aromatic rings. The van der Waals surface area contributed by atoms with Crippen LogP contribution in [0.2, 0.25) is 0 Å². The zero-order chi connectivity index (χ0) is 14.0. The van der Waals surface area contributed by atoms with Crippen LogP contribution in [0.1, 0.15) is 22.3 Å². The predicted molar refractivity (Wildman–Crippen MR) is 65.4 cm³/mol. The van der Waals surface area contributed by atoms with Gasteiger partial charge in [-0.25, -0.2) is 0 Å². The van der Waals surface area contributed by atoms with Gasteiger partial charge < -0.3 is 5.73 Å². The number of nitrogens with two attached hydrogens (primary N) is 1. The summed E-state index contributed by atoms with van der Waals surface area (Å²) in [6.45, 7) is 2.66. The van der Waals surface area contributed by atoms with Gasteiger partial charge in [0, 0.05) is 12.7 Å². The largest absolute Gasteiger partial charge is 0.419 e. The number of hydrogen-bond donors (Lipinski definition) is 1. The third-order valence-corrected chi connectivity index (χ3v) is 2.94. The lowest BCUT2D eigenvalue weighted by Gasteiger charge is -2.08. The second-order valence-electron chi connectivity index (χ2n) is 4.39. The third kappa shape index (κ3) is 3.14. The van der Waals surface area contributed by atoms with Crippen LogP contribution in [0.25, 0.3) is 0 Å². The Bertz CT molecular complexity index is 573. The van der Waals surface area contributed by atoms with Gasteiger partial charge in [-0.15, -0.1) is 0 Å². The van der Waals surface area contributed by atoms with Gasteiger partial charge in [0.05, 0.1) is 18.3 Å². The molecule has 2 N–H and O–H groups in total. The van der Waals surface area contributed by atoms with Crippen LogP contribution < -0.4 is 5.73 Å². The summed E-state index contributed by atoms with van der Waals surface area (Å²) in [6.07, 6.45) is -2.50. The molecule has 0 atom stereocenters. The number of benzene rings is 1. The van der Waals surface area contributed by atoms with E-state index in [4.69, 9.17) is 5.73 Å². The van der Waals surface area contributed by atoms with Crippen molar-refractivity contribution in [2.75, 3.05) is 0 Å². The van der Waals surface area contributed by atoms with E-state index in [0.717, 1.165) is 29.1 Å². The van der Waals surface area contributed by atoms with Crippen molar-refractivity contribution in [2.24, 2.45) is 5.73 Å². The molecule has 0 fully saturated rings. The average molecular weight is 269 g/mol. The lowest BCUT2D eigenvalue weighted by molar-refractivity contribution is -0.137. The van der Waals surface area contributed by atoms with E-state index in [1.807, 2.05) is 25.1 Å². The maximum Gasteiger partial charge on any atom is 0.419 e. The van der Waals surface area contributed by atoms with Gasteiger partial charge in [0.25, 0.3) is 0 Å². The molecule has 2 rings (SSSR count). The maximum atomic E-state index is 12.5. The van der Waals surface area contributed by atoms with Crippen LogP contribution in [0.15, 0.2) is 30.6 Å². The minimum absolute atomic E-state index is 0.312. The van der Waals surface area contributed by atoms with Gasteiger partial charge in [-0.2, -0.15) is 18.3 Å². The van der Waals surface area contributed by atoms with Gasteiger partial charge in [-0.05, 0) is 23.6 Å². The minimum Gasteiger partial charge on any atom is -0.326 e. The molecule has 0 saturated carbocycles. The molecule has 0 saturated heterocycles. The summed E-state index contributed by atoms with van der Waals surface area (Å²) in [6, 6.07) is 5.67. The van der Waals surface area contributed by atoms with Crippen molar-refractivity contribution in [3.63, 3.8) is 0 Å². The normalized spacial score (nSPS) is 11.8. The van der Waals surface area contributed by atoms with E-state index in [1.54, 1.807) is 0 Å². The Morgan fingerprint density at radius 1 is 1.32 bits per heavy atom. The molecule has 6 heteroatoms. The number of aryl methyl sites for hydroxylation is 1. The SMILES string of the molecule is Cc1cc(CN)ccc1Cn1cc(C(F)(F)F)cn1. The number of rotatable bonds is 3. The first kappa shape index (κ1) is 13.6. The van der Waals surface area contributed by atoms with E-state index in [-0.39, 0.29) is 0 Å². The van der Waals surface area contributed by atoms with Crippen LogP contribution in [-0.2, 0) is 19.3 Å². The van der Waals surface area contributed by atoms with E-state index >= 15 is 0 Å². The van der Waals surface area contributed by atoms with Crippen LogP contribution in [0, 0.1) is 6.92 Å². The Morgan fingerprint density at radius 2 is 2.05 bits per heavy atom. The van der Waals surface area contributed by atoms with Crippen molar-refractivity contribution < 1.29 is 13.2 Å². The Hall–Kier alpha value is -1.82. The molecule has 0 aliphatic carbocycles. The monoisotopic (exact) mass is 269 g/mol. The van der Waals surface area contributed by atoms with Crippen molar-refractivity contribution in [1.29, 1.82) is 0 Å². The van der Waals surface area contributed by atoms with Crippen LogP contribution in [-0.4, -0.2) is 9.78 Å². The van der Waals surface area contributed by atoms with Gasteiger partial charge in [0.15, 0.2) is 0 Å². The van der Waals surface area contributed by atoms with Crippen LogP contribution in [0.4, 0.5) is 13.2 Å². The smallest absolute Gasteiger partial charge is 0.326 e. The second-order valence-corrected chi connectivity index (χ2v) is 4.39.